The number of methoxy groups -OCH3 is 1. The molecular formula is C25H33N3O4S2. The number of thiazole rings is 1. The third-order valence-corrected chi connectivity index (χ3v) is 8.69. The van der Waals surface area contributed by atoms with Gasteiger partial charge in [0.05, 0.1) is 21.7 Å². The summed E-state index contributed by atoms with van der Waals surface area (Å²) in [5.74, 6) is -0.408. The van der Waals surface area contributed by atoms with Gasteiger partial charge < -0.3 is 9.30 Å². The Balaban J connectivity index is 1.96. The summed E-state index contributed by atoms with van der Waals surface area (Å²) in [6.07, 6.45) is 1.72. The number of carbonyl (C=O) groups is 1. The largest absolute Gasteiger partial charge is 0.383 e. The van der Waals surface area contributed by atoms with Crippen molar-refractivity contribution in [3.05, 3.63) is 57.9 Å². The lowest BCUT2D eigenvalue weighted by atomic mass is 10.1. The zero-order valence-corrected chi connectivity index (χ0v) is 22.1. The second-order valence-electron chi connectivity index (χ2n) is 8.25. The van der Waals surface area contributed by atoms with E-state index in [-0.39, 0.29) is 4.90 Å². The quantitative estimate of drug-likeness (QED) is 0.407. The molecule has 3 rings (SSSR count). The highest BCUT2D eigenvalue weighted by atomic mass is 32.2. The first-order chi connectivity index (χ1) is 16.2. The summed E-state index contributed by atoms with van der Waals surface area (Å²) in [5, 5.41) is 0. The molecule has 0 fully saturated rings. The number of benzene rings is 2. The number of carbonyl (C=O) groups excluding carboxylic acids is 1. The Bertz CT molecular complexity index is 1320. The van der Waals surface area contributed by atoms with Crippen LogP contribution >= 0.6 is 11.3 Å². The van der Waals surface area contributed by atoms with E-state index in [4.69, 9.17) is 4.74 Å². The minimum Gasteiger partial charge on any atom is -0.383 e. The molecule has 0 radical (unpaired) electrons. The average molecular weight is 504 g/mol. The fraction of sp³-hybridized carbons (Fsp3) is 0.440. The Labute approximate surface area is 205 Å². The lowest BCUT2D eigenvalue weighted by Gasteiger charge is -2.20. The molecule has 0 bridgehead atoms. The van der Waals surface area contributed by atoms with Crippen molar-refractivity contribution in [2.45, 2.75) is 52.0 Å². The second-order valence-corrected chi connectivity index (χ2v) is 11.2. The van der Waals surface area contributed by atoms with Crippen LogP contribution in [0.25, 0.3) is 10.2 Å². The topological polar surface area (TPSA) is 81.0 Å². The molecule has 184 valence electrons. The van der Waals surface area contributed by atoms with Crippen molar-refractivity contribution < 1.29 is 17.9 Å². The number of unbranched alkanes of at least 4 members (excludes halogenated alkanes) is 1. The van der Waals surface area contributed by atoms with E-state index in [9.17, 15) is 13.2 Å². The molecule has 3 aromatic rings. The maximum atomic E-state index is 13.0. The molecule has 2 aromatic carbocycles. The van der Waals surface area contributed by atoms with Crippen LogP contribution in [0.4, 0.5) is 0 Å². The summed E-state index contributed by atoms with van der Waals surface area (Å²) in [6.45, 7) is 9.93. The molecule has 0 atom stereocenters. The van der Waals surface area contributed by atoms with Crippen LogP contribution in [0.1, 0.15) is 48.2 Å². The van der Waals surface area contributed by atoms with Gasteiger partial charge in [-0.1, -0.05) is 37.7 Å². The molecule has 0 aliphatic rings. The smallest absolute Gasteiger partial charge is 0.279 e. The third-order valence-electron chi connectivity index (χ3n) is 5.68. The maximum Gasteiger partial charge on any atom is 0.279 e. The standard InChI is InChI=1S/C25H33N3O4S2/c1-6-8-13-27(7-2)34(30,31)21-11-9-20(10-12-21)24(29)26-25-28(14-15-32-5)23-19(4)16-18(3)17-22(23)33-25/h9-12,16-17H,6-8,13-15H2,1-5H3. The van der Waals surface area contributed by atoms with E-state index in [0.717, 1.165) is 34.2 Å². The van der Waals surface area contributed by atoms with E-state index in [1.165, 1.54) is 39.9 Å². The van der Waals surface area contributed by atoms with Gasteiger partial charge in [-0.2, -0.15) is 9.30 Å². The van der Waals surface area contributed by atoms with Gasteiger partial charge in [0.15, 0.2) is 4.80 Å². The van der Waals surface area contributed by atoms with E-state index in [2.05, 4.69) is 24.0 Å². The summed E-state index contributed by atoms with van der Waals surface area (Å²) in [7, 11) is -1.95. The SMILES string of the molecule is CCCCN(CC)S(=O)(=O)c1ccc(C(=O)N=c2sc3cc(C)cc(C)c3n2CCOC)cc1. The molecule has 0 saturated heterocycles. The molecule has 0 saturated carbocycles. The number of amides is 1. The molecular weight excluding hydrogens is 470 g/mol. The zero-order valence-electron chi connectivity index (χ0n) is 20.5. The first kappa shape index (κ1) is 26.3. The number of nitrogens with zero attached hydrogens (tertiary/aromatic N) is 3. The summed E-state index contributed by atoms with van der Waals surface area (Å²) in [6, 6.07) is 10.3. The Morgan fingerprint density at radius 2 is 1.85 bits per heavy atom. The van der Waals surface area contributed by atoms with Crippen molar-refractivity contribution in [2.75, 3.05) is 26.8 Å². The van der Waals surface area contributed by atoms with Crippen LogP contribution in [-0.2, 0) is 21.3 Å². The van der Waals surface area contributed by atoms with Gasteiger partial charge >= 0.3 is 0 Å². The van der Waals surface area contributed by atoms with Gasteiger partial charge in [-0.15, -0.1) is 0 Å². The van der Waals surface area contributed by atoms with Crippen LogP contribution in [0.5, 0.6) is 0 Å². The summed E-state index contributed by atoms with van der Waals surface area (Å²) >= 11 is 1.46. The Kier molecular flexibility index (Phi) is 8.81. The van der Waals surface area contributed by atoms with E-state index in [0.29, 0.717) is 36.6 Å². The Hall–Kier alpha value is -2.33. The third kappa shape index (κ3) is 5.66. The molecule has 0 N–H and O–H groups in total. The van der Waals surface area contributed by atoms with Crippen molar-refractivity contribution in [2.24, 2.45) is 4.99 Å². The summed E-state index contributed by atoms with van der Waals surface area (Å²) in [4.78, 5) is 18.2. The molecule has 1 heterocycles. The highest BCUT2D eigenvalue weighted by Crippen LogP contribution is 2.23. The van der Waals surface area contributed by atoms with Gasteiger partial charge in [0.1, 0.15) is 0 Å². The van der Waals surface area contributed by atoms with Crippen LogP contribution < -0.4 is 4.80 Å². The normalized spacial score (nSPS) is 12.7. The van der Waals surface area contributed by atoms with Crippen LogP contribution in [-0.4, -0.2) is 50.0 Å². The molecule has 0 aliphatic heterocycles. The number of sulfonamides is 1. The number of aryl methyl sites for hydroxylation is 2. The molecule has 9 heteroatoms. The van der Waals surface area contributed by atoms with Gasteiger partial charge in [-0.05, 0) is 61.7 Å². The molecule has 0 unspecified atom stereocenters. The predicted octanol–water partition coefficient (Wildman–Crippen LogP) is 4.52. The van der Waals surface area contributed by atoms with Gasteiger partial charge in [0.25, 0.3) is 5.91 Å². The highest BCUT2D eigenvalue weighted by molar-refractivity contribution is 7.89. The monoisotopic (exact) mass is 503 g/mol. The first-order valence-corrected chi connectivity index (χ1v) is 13.8. The maximum absolute atomic E-state index is 13.0. The number of rotatable bonds is 10. The predicted molar refractivity (Wildman–Crippen MR) is 137 cm³/mol. The molecule has 34 heavy (non-hydrogen) atoms. The van der Waals surface area contributed by atoms with Crippen LogP contribution in [0.15, 0.2) is 46.3 Å². The number of fused-ring (bicyclic) bond motifs is 1. The van der Waals surface area contributed by atoms with Crippen LogP contribution in [0.2, 0.25) is 0 Å². The lowest BCUT2D eigenvalue weighted by Crippen LogP contribution is -2.31. The minimum absolute atomic E-state index is 0.185. The minimum atomic E-state index is -3.59. The zero-order chi connectivity index (χ0) is 24.9. The van der Waals surface area contributed by atoms with Crippen LogP contribution in [0, 0.1) is 13.8 Å². The van der Waals surface area contributed by atoms with Gasteiger partial charge in [-0.25, -0.2) is 8.42 Å². The summed E-state index contributed by atoms with van der Waals surface area (Å²) < 4.78 is 35.7. The number of ether oxygens (including phenoxy) is 1. The van der Waals surface area contributed by atoms with E-state index in [1.54, 1.807) is 7.11 Å². The number of aromatic nitrogens is 1. The Morgan fingerprint density at radius 3 is 2.47 bits per heavy atom. The van der Waals surface area contributed by atoms with Gasteiger partial charge in [-0.3, -0.25) is 4.79 Å². The van der Waals surface area contributed by atoms with E-state index < -0.39 is 15.9 Å². The van der Waals surface area contributed by atoms with Gasteiger partial charge in [0.2, 0.25) is 10.0 Å². The molecule has 1 amide bonds. The van der Waals surface area contributed by atoms with E-state index >= 15 is 0 Å². The number of hydrogen-bond donors (Lipinski definition) is 0. The first-order valence-electron chi connectivity index (χ1n) is 11.5. The van der Waals surface area contributed by atoms with Crippen molar-refractivity contribution in [3.63, 3.8) is 0 Å². The highest BCUT2D eigenvalue weighted by Gasteiger charge is 2.22. The van der Waals surface area contributed by atoms with E-state index in [1.807, 2.05) is 25.3 Å². The number of hydrogen-bond acceptors (Lipinski definition) is 5. The van der Waals surface area contributed by atoms with Crippen molar-refractivity contribution in [1.29, 1.82) is 0 Å². The van der Waals surface area contributed by atoms with Crippen molar-refractivity contribution in [1.82, 2.24) is 8.87 Å². The second kappa shape index (κ2) is 11.4. The molecule has 7 nitrogen and oxygen atoms in total. The van der Waals surface area contributed by atoms with Crippen molar-refractivity contribution >= 4 is 37.5 Å². The molecule has 1 aromatic heterocycles. The van der Waals surface area contributed by atoms with Crippen molar-refractivity contribution in [3.8, 4) is 0 Å². The fourth-order valence-corrected chi connectivity index (χ4v) is 6.64. The lowest BCUT2D eigenvalue weighted by molar-refractivity contribution is 0.0997. The molecule has 0 aliphatic carbocycles. The molecule has 0 spiro atoms. The van der Waals surface area contributed by atoms with Crippen LogP contribution in [0.3, 0.4) is 0 Å². The Morgan fingerprint density at radius 1 is 1.15 bits per heavy atom. The fourth-order valence-electron chi connectivity index (χ4n) is 3.92. The average Bonchev–Trinajstić information content (AvgIpc) is 3.14. The summed E-state index contributed by atoms with van der Waals surface area (Å²) in [5.41, 5.74) is 3.67. The van der Waals surface area contributed by atoms with Gasteiger partial charge in [0, 0.05) is 32.3 Å².